The summed E-state index contributed by atoms with van der Waals surface area (Å²) in [7, 11) is 1.68. The highest BCUT2D eigenvalue weighted by atomic mass is 16.5. The number of methoxy groups -OCH3 is 1. The fourth-order valence-corrected chi connectivity index (χ4v) is 3.07. The summed E-state index contributed by atoms with van der Waals surface area (Å²) in [6.45, 7) is 2.82. The number of anilines is 1. The van der Waals surface area contributed by atoms with Gasteiger partial charge in [-0.2, -0.15) is 0 Å². The molecule has 0 aliphatic carbocycles. The van der Waals surface area contributed by atoms with Gasteiger partial charge in [-0.05, 0) is 47.9 Å². The zero-order valence-corrected chi connectivity index (χ0v) is 15.4. The van der Waals surface area contributed by atoms with E-state index in [-0.39, 0.29) is 0 Å². The third-order valence-electron chi connectivity index (χ3n) is 4.62. The molecule has 0 saturated heterocycles. The van der Waals surface area contributed by atoms with E-state index in [1.165, 1.54) is 11.1 Å². The fraction of sp³-hybridized carbons (Fsp3) is 0.130. The van der Waals surface area contributed by atoms with Crippen molar-refractivity contribution < 1.29 is 4.74 Å². The van der Waals surface area contributed by atoms with Gasteiger partial charge < -0.3 is 10.1 Å². The molecule has 4 aromatic rings. The van der Waals surface area contributed by atoms with Gasteiger partial charge in [-0.1, -0.05) is 48.0 Å². The molecule has 0 spiro atoms. The lowest BCUT2D eigenvalue weighted by atomic mass is 10.0. The van der Waals surface area contributed by atoms with Gasteiger partial charge in [0.25, 0.3) is 0 Å². The number of hydrogen-bond donors (Lipinski definition) is 1. The molecular weight excluding hydrogens is 334 g/mol. The van der Waals surface area contributed by atoms with Gasteiger partial charge in [-0.3, -0.25) is 0 Å². The highest BCUT2D eigenvalue weighted by Gasteiger charge is 2.07. The van der Waals surface area contributed by atoms with Gasteiger partial charge in [0, 0.05) is 11.9 Å². The number of nitrogens with one attached hydrogen (secondary N) is 1. The van der Waals surface area contributed by atoms with Crippen LogP contribution in [0.4, 0.5) is 5.82 Å². The van der Waals surface area contributed by atoms with E-state index in [1.807, 2.05) is 18.2 Å². The minimum atomic E-state index is 0.726. The summed E-state index contributed by atoms with van der Waals surface area (Å²) in [5.41, 5.74) is 5.60. The number of ether oxygens (including phenoxy) is 1. The predicted octanol–water partition coefficient (Wildman–Crippen LogP) is 5.23. The summed E-state index contributed by atoms with van der Waals surface area (Å²) in [5, 5.41) is 4.44. The molecule has 4 heteroatoms. The van der Waals surface area contributed by atoms with Crippen molar-refractivity contribution in [1.29, 1.82) is 0 Å². The summed E-state index contributed by atoms with van der Waals surface area (Å²) in [5.74, 6) is 1.69. The lowest BCUT2D eigenvalue weighted by Crippen LogP contribution is -2.02. The molecule has 0 aliphatic rings. The van der Waals surface area contributed by atoms with E-state index in [0.717, 1.165) is 40.1 Å². The van der Waals surface area contributed by atoms with E-state index in [4.69, 9.17) is 4.74 Å². The summed E-state index contributed by atoms with van der Waals surface area (Å²) in [6.07, 6.45) is 1.61. The van der Waals surface area contributed by atoms with E-state index in [1.54, 1.807) is 13.4 Å². The molecule has 4 rings (SSSR count). The molecule has 0 aliphatic heterocycles. The molecule has 0 bridgehead atoms. The van der Waals surface area contributed by atoms with Crippen molar-refractivity contribution in [3.8, 4) is 16.9 Å². The van der Waals surface area contributed by atoms with Gasteiger partial charge in [0.05, 0.1) is 12.6 Å². The molecule has 134 valence electrons. The molecule has 1 N–H and O–H groups in total. The highest BCUT2D eigenvalue weighted by molar-refractivity contribution is 5.92. The zero-order chi connectivity index (χ0) is 18.6. The molecule has 0 saturated carbocycles. The first-order valence-electron chi connectivity index (χ1n) is 8.91. The molecule has 3 aromatic carbocycles. The largest absolute Gasteiger partial charge is 0.497 e. The van der Waals surface area contributed by atoms with E-state index in [9.17, 15) is 0 Å². The Balaban J connectivity index is 1.62. The summed E-state index contributed by atoms with van der Waals surface area (Å²) < 4.78 is 5.33. The first-order chi connectivity index (χ1) is 13.2. The number of nitrogens with zero attached hydrogens (tertiary/aromatic N) is 2. The SMILES string of the molecule is COc1cccc(-c2ccc3c(NCc4ccc(C)cc4)ncnc3c2)c1. The second-order valence-corrected chi connectivity index (χ2v) is 6.53. The van der Waals surface area contributed by atoms with E-state index < -0.39 is 0 Å². The molecule has 0 amide bonds. The zero-order valence-electron chi connectivity index (χ0n) is 15.4. The molecule has 1 aromatic heterocycles. The minimum Gasteiger partial charge on any atom is -0.497 e. The molecular formula is C23H21N3O. The van der Waals surface area contributed by atoms with Crippen LogP contribution in [0.3, 0.4) is 0 Å². The predicted molar refractivity (Wildman–Crippen MR) is 110 cm³/mol. The maximum absolute atomic E-state index is 5.33. The smallest absolute Gasteiger partial charge is 0.137 e. The lowest BCUT2D eigenvalue weighted by molar-refractivity contribution is 0.415. The van der Waals surface area contributed by atoms with Crippen LogP contribution in [0, 0.1) is 6.92 Å². The quantitative estimate of drug-likeness (QED) is 0.533. The summed E-state index contributed by atoms with van der Waals surface area (Å²) in [6, 6.07) is 22.8. The van der Waals surface area contributed by atoms with Gasteiger partial charge in [0.15, 0.2) is 0 Å². The number of hydrogen-bond acceptors (Lipinski definition) is 4. The second-order valence-electron chi connectivity index (χ2n) is 6.53. The van der Waals surface area contributed by atoms with Crippen LogP contribution < -0.4 is 10.1 Å². The van der Waals surface area contributed by atoms with Gasteiger partial charge in [0.1, 0.15) is 17.9 Å². The topological polar surface area (TPSA) is 47.0 Å². The summed E-state index contributed by atoms with van der Waals surface area (Å²) in [4.78, 5) is 8.88. The lowest BCUT2D eigenvalue weighted by Gasteiger charge is -2.10. The Morgan fingerprint density at radius 2 is 1.70 bits per heavy atom. The standard InChI is InChI=1S/C23H21N3O/c1-16-6-8-17(9-7-16)14-24-23-21-11-10-19(13-22(21)25-15-26-23)18-4-3-5-20(12-18)27-2/h3-13,15H,14H2,1-2H3,(H,24,25,26). The van der Waals surface area contributed by atoms with Gasteiger partial charge in [-0.15, -0.1) is 0 Å². The third-order valence-corrected chi connectivity index (χ3v) is 4.62. The Labute approximate surface area is 158 Å². The van der Waals surface area contributed by atoms with Crippen LogP contribution in [0.15, 0.2) is 73.1 Å². The van der Waals surface area contributed by atoms with Crippen molar-refractivity contribution in [2.45, 2.75) is 13.5 Å². The van der Waals surface area contributed by atoms with Crippen LogP contribution in [0.25, 0.3) is 22.0 Å². The van der Waals surface area contributed by atoms with E-state index >= 15 is 0 Å². The highest BCUT2D eigenvalue weighted by Crippen LogP contribution is 2.28. The van der Waals surface area contributed by atoms with Crippen molar-refractivity contribution in [2.75, 3.05) is 12.4 Å². The molecule has 0 unspecified atom stereocenters. The van der Waals surface area contributed by atoms with Gasteiger partial charge >= 0.3 is 0 Å². The van der Waals surface area contributed by atoms with Crippen molar-refractivity contribution in [3.05, 3.63) is 84.2 Å². The van der Waals surface area contributed by atoms with Crippen LogP contribution >= 0.6 is 0 Å². The average Bonchev–Trinajstić information content (AvgIpc) is 2.73. The summed E-state index contributed by atoms with van der Waals surface area (Å²) >= 11 is 0. The Morgan fingerprint density at radius 3 is 2.52 bits per heavy atom. The molecule has 0 radical (unpaired) electrons. The van der Waals surface area contributed by atoms with E-state index in [2.05, 4.69) is 70.7 Å². The third kappa shape index (κ3) is 3.75. The Hall–Kier alpha value is -3.40. The van der Waals surface area contributed by atoms with Crippen LogP contribution in [-0.4, -0.2) is 17.1 Å². The maximum atomic E-state index is 5.33. The first kappa shape index (κ1) is 17.0. The first-order valence-corrected chi connectivity index (χ1v) is 8.91. The van der Waals surface area contributed by atoms with Crippen LogP contribution in [0.5, 0.6) is 5.75 Å². The monoisotopic (exact) mass is 355 g/mol. The van der Waals surface area contributed by atoms with Crippen molar-refractivity contribution in [3.63, 3.8) is 0 Å². The fourth-order valence-electron chi connectivity index (χ4n) is 3.07. The number of aromatic nitrogens is 2. The molecule has 0 fully saturated rings. The Bertz CT molecular complexity index is 1070. The maximum Gasteiger partial charge on any atom is 0.137 e. The Kier molecular flexibility index (Phi) is 4.71. The van der Waals surface area contributed by atoms with Gasteiger partial charge in [-0.25, -0.2) is 9.97 Å². The average molecular weight is 355 g/mol. The molecule has 1 heterocycles. The minimum absolute atomic E-state index is 0.726. The second kappa shape index (κ2) is 7.46. The van der Waals surface area contributed by atoms with Crippen molar-refractivity contribution >= 4 is 16.7 Å². The molecule has 4 nitrogen and oxygen atoms in total. The van der Waals surface area contributed by atoms with Crippen LogP contribution in [0.1, 0.15) is 11.1 Å². The number of benzene rings is 3. The Morgan fingerprint density at radius 1 is 0.889 bits per heavy atom. The van der Waals surface area contributed by atoms with Crippen molar-refractivity contribution in [1.82, 2.24) is 9.97 Å². The van der Waals surface area contributed by atoms with E-state index in [0.29, 0.717) is 0 Å². The normalized spacial score (nSPS) is 10.7. The number of aryl methyl sites for hydroxylation is 1. The van der Waals surface area contributed by atoms with Crippen LogP contribution in [0.2, 0.25) is 0 Å². The number of rotatable bonds is 5. The van der Waals surface area contributed by atoms with Crippen molar-refractivity contribution in [2.24, 2.45) is 0 Å². The number of fused-ring (bicyclic) bond motifs is 1. The molecule has 0 atom stereocenters. The van der Waals surface area contributed by atoms with Crippen LogP contribution in [-0.2, 0) is 6.54 Å². The molecule has 27 heavy (non-hydrogen) atoms. The van der Waals surface area contributed by atoms with Gasteiger partial charge in [0.2, 0.25) is 0 Å².